The molecule has 24 heavy (non-hydrogen) atoms. The van der Waals surface area contributed by atoms with Gasteiger partial charge in [-0.05, 0) is 36.6 Å². The van der Waals surface area contributed by atoms with Gasteiger partial charge in [0.1, 0.15) is 0 Å². The molecule has 0 unspecified atom stereocenters. The molecule has 2 aromatic rings. The zero-order valence-corrected chi connectivity index (χ0v) is 14.3. The van der Waals surface area contributed by atoms with Crippen LogP contribution in [-0.4, -0.2) is 38.2 Å². The molecule has 0 saturated heterocycles. The number of carbonyl (C=O) groups is 2. The lowest BCUT2D eigenvalue weighted by Gasteiger charge is -2.28. The van der Waals surface area contributed by atoms with Gasteiger partial charge >= 0.3 is 5.97 Å². The summed E-state index contributed by atoms with van der Waals surface area (Å²) in [5.41, 5.74) is 3.55. The molecular weight excluding hydrogens is 330 g/mol. The Labute approximate surface area is 144 Å². The minimum Gasteiger partial charge on any atom is -0.476 e. The first-order valence-corrected chi connectivity index (χ1v) is 8.05. The van der Waals surface area contributed by atoms with E-state index in [1.165, 1.54) is 0 Å². The Morgan fingerprint density at radius 1 is 1.38 bits per heavy atom. The molecular formula is C17H18ClN3O3. The van der Waals surface area contributed by atoms with Crippen molar-refractivity contribution in [2.45, 2.75) is 26.3 Å². The summed E-state index contributed by atoms with van der Waals surface area (Å²) in [5, 5.41) is 13.9. The van der Waals surface area contributed by atoms with Gasteiger partial charge in [-0.1, -0.05) is 17.7 Å². The molecule has 0 radical (unpaired) electrons. The summed E-state index contributed by atoms with van der Waals surface area (Å²) >= 11 is 5.95. The fraction of sp³-hybridized carbons (Fsp3) is 0.353. The van der Waals surface area contributed by atoms with Gasteiger partial charge < -0.3 is 10.0 Å². The number of hydrogen-bond acceptors (Lipinski definition) is 3. The third-order valence-corrected chi connectivity index (χ3v) is 4.68. The summed E-state index contributed by atoms with van der Waals surface area (Å²) in [6.45, 7) is 2.82. The standard InChI is InChI=1S/C17H18ClN3O3/c1-10-7-12(18)4-3-11(10)8-15(22)21-6-5-13-14(9-21)20(2)19-16(13)17(23)24/h3-4,7H,5-6,8-9H2,1-2H3,(H,23,24). The second kappa shape index (κ2) is 6.28. The van der Waals surface area contributed by atoms with Gasteiger partial charge in [0.25, 0.3) is 0 Å². The molecule has 0 fully saturated rings. The second-order valence-electron chi connectivity index (χ2n) is 6.02. The van der Waals surface area contributed by atoms with E-state index in [1.807, 2.05) is 19.1 Å². The van der Waals surface area contributed by atoms with E-state index in [9.17, 15) is 14.7 Å². The van der Waals surface area contributed by atoms with Crippen LogP contribution in [0.25, 0.3) is 0 Å². The average molecular weight is 348 g/mol. The maximum absolute atomic E-state index is 12.6. The van der Waals surface area contributed by atoms with Gasteiger partial charge in [-0.3, -0.25) is 9.48 Å². The largest absolute Gasteiger partial charge is 0.476 e. The molecule has 126 valence electrons. The average Bonchev–Trinajstić information content (AvgIpc) is 2.87. The summed E-state index contributed by atoms with van der Waals surface area (Å²) in [7, 11) is 1.71. The number of carboxylic acid groups (broad SMARTS) is 1. The highest BCUT2D eigenvalue weighted by Crippen LogP contribution is 2.23. The van der Waals surface area contributed by atoms with Gasteiger partial charge in [-0.2, -0.15) is 5.10 Å². The smallest absolute Gasteiger partial charge is 0.356 e. The summed E-state index contributed by atoms with van der Waals surface area (Å²) in [6, 6.07) is 5.50. The monoisotopic (exact) mass is 347 g/mol. The molecule has 1 aromatic heterocycles. The molecule has 0 atom stereocenters. The van der Waals surface area contributed by atoms with Crippen LogP contribution in [0.2, 0.25) is 5.02 Å². The van der Waals surface area contributed by atoms with Crippen LogP contribution in [0.1, 0.15) is 32.9 Å². The van der Waals surface area contributed by atoms with Gasteiger partial charge in [0.15, 0.2) is 5.69 Å². The quantitative estimate of drug-likeness (QED) is 0.923. The molecule has 1 aliphatic heterocycles. The van der Waals surface area contributed by atoms with Crippen LogP contribution in [0.5, 0.6) is 0 Å². The van der Waals surface area contributed by atoms with E-state index in [2.05, 4.69) is 5.10 Å². The van der Waals surface area contributed by atoms with Crippen LogP contribution in [0.4, 0.5) is 0 Å². The van der Waals surface area contributed by atoms with Crippen molar-refractivity contribution in [3.63, 3.8) is 0 Å². The third kappa shape index (κ3) is 3.01. The highest BCUT2D eigenvalue weighted by atomic mass is 35.5. The Morgan fingerprint density at radius 2 is 2.12 bits per heavy atom. The molecule has 3 rings (SSSR count). The number of fused-ring (bicyclic) bond motifs is 1. The topological polar surface area (TPSA) is 75.4 Å². The number of amides is 1. The van der Waals surface area contributed by atoms with Crippen LogP contribution in [-0.2, 0) is 31.2 Å². The van der Waals surface area contributed by atoms with Crippen molar-refractivity contribution in [1.29, 1.82) is 0 Å². The predicted molar refractivity (Wildman–Crippen MR) is 89.2 cm³/mol. The maximum atomic E-state index is 12.6. The fourth-order valence-corrected chi connectivity index (χ4v) is 3.31. The fourth-order valence-electron chi connectivity index (χ4n) is 3.09. The van der Waals surface area contributed by atoms with Crippen LogP contribution < -0.4 is 0 Å². The SMILES string of the molecule is Cc1cc(Cl)ccc1CC(=O)N1CCc2c(C(=O)O)nn(C)c2C1. The lowest BCUT2D eigenvalue weighted by atomic mass is 10.0. The van der Waals surface area contributed by atoms with Gasteiger partial charge in [-0.15, -0.1) is 0 Å². The Balaban J connectivity index is 1.78. The molecule has 0 bridgehead atoms. The van der Waals surface area contributed by atoms with Crippen molar-refractivity contribution in [1.82, 2.24) is 14.7 Å². The number of aromatic carboxylic acids is 1. The van der Waals surface area contributed by atoms with Crippen LogP contribution in [0.15, 0.2) is 18.2 Å². The first-order chi connectivity index (χ1) is 11.4. The summed E-state index contributed by atoms with van der Waals surface area (Å²) in [5.74, 6) is -1.01. The third-order valence-electron chi connectivity index (χ3n) is 4.45. The first-order valence-electron chi connectivity index (χ1n) is 7.67. The predicted octanol–water partition coefficient (Wildman–Crippen LogP) is 2.21. The number of carbonyl (C=O) groups excluding carboxylic acids is 1. The molecule has 2 heterocycles. The Kier molecular flexibility index (Phi) is 4.32. The van der Waals surface area contributed by atoms with E-state index in [4.69, 9.17) is 11.6 Å². The molecule has 0 aliphatic carbocycles. The van der Waals surface area contributed by atoms with E-state index in [0.29, 0.717) is 31.0 Å². The molecule has 1 aromatic carbocycles. The number of hydrogen-bond donors (Lipinski definition) is 1. The zero-order valence-electron chi connectivity index (χ0n) is 13.5. The second-order valence-corrected chi connectivity index (χ2v) is 6.45. The summed E-state index contributed by atoms with van der Waals surface area (Å²) in [4.78, 5) is 25.6. The van der Waals surface area contributed by atoms with Gasteiger partial charge in [0, 0.05) is 24.2 Å². The van der Waals surface area contributed by atoms with E-state index in [0.717, 1.165) is 22.4 Å². The van der Waals surface area contributed by atoms with Gasteiger partial charge in [0.05, 0.1) is 18.7 Å². The van der Waals surface area contributed by atoms with Gasteiger partial charge in [0.2, 0.25) is 5.91 Å². The number of aromatic nitrogens is 2. The van der Waals surface area contributed by atoms with Crippen LogP contribution >= 0.6 is 11.6 Å². The Hall–Kier alpha value is -2.34. The molecule has 0 saturated carbocycles. The molecule has 1 aliphatic rings. The molecule has 6 nitrogen and oxygen atoms in total. The van der Waals surface area contributed by atoms with Crippen molar-refractivity contribution in [2.24, 2.45) is 7.05 Å². The first kappa shape index (κ1) is 16.5. The lowest BCUT2D eigenvalue weighted by molar-refractivity contribution is -0.131. The summed E-state index contributed by atoms with van der Waals surface area (Å²) < 4.78 is 1.56. The number of aryl methyl sites for hydroxylation is 2. The zero-order chi connectivity index (χ0) is 17.4. The van der Waals surface area contributed by atoms with Crippen molar-refractivity contribution < 1.29 is 14.7 Å². The van der Waals surface area contributed by atoms with E-state index >= 15 is 0 Å². The summed E-state index contributed by atoms with van der Waals surface area (Å²) in [6.07, 6.45) is 0.818. The number of rotatable bonds is 3. The van der Waals surface area contributed by atoms with Crippen molar-refractivity contribution in [3.8, 4) is 0 Å². The number of benzene rings is 1. The van der Waals surface area contributed by atoms with Crippen molar-refractivity contribution in [3.05, 3.63) is 51.3 Å². The minimum absolute atomic E-state index is 0.0177. The van der Waals surface area contributed by atoms with Gasteiger partial charge in [-0.25, -0.2) is 4.79 Å². The number of carboxylic acids is 1. The Bertz CT molecular complexity index is 829. The van der Waals surface area contributed by atoms with Crippen molar-refractivity contribution >= 4 is 23.5 Å². The molecule has 1 amide bonds. The normalized spacial score (nSPS) is 13.7. The minimum atomic E-state index is -1.02. The highest BCUT2D eigenvalue weighted by molar-refractivity contribution is 6.30. The van der Waals surface area contributed by atoms with Crippen LogP contribution in [0.3, 0.4) is 0 Å². The highest BCUT2D eigenvalue weighted by Gasteiger charge is 2.28. The molecule has 1 N–H and O–H groups in total. The number of halogens is 1. The van der Waals surface area contributed by atoms with E-state index in [-0.39, 0.29) is 11.6 Å². The number of nitrogens with zero attached hydrogens (tertiary/aromatic N) is 3. The lowest BCUT2D eigenvalue weighted by Crippen LogP contribution is -2.37. The maximum Gasteiger partial charge on any atom is 0.356 e. The molecule has 7 heteroatoms. The van der Waals surface area contributed by atoms with Crippen molar-refractivity contribution in [2.75, 3.05) is 6.54 Å². The van der Waals surface area contributed by atoms with E-state index < -0.39 is 5.97 Å². The van der Waals surface area contributed by atoms with Crippen LogP contribution in [0, 0.1) is 6.92 Å². The molecule has 0 spiro atoms. The Morgan fingerprint density at radius 3 is 2.79 bits per heavy atom. The van der Waals surface area contributed by atoms with E-state index in [1.54, 1.807) is 22.7 Å².